The first-order valence-corrected chi connectivity index (χ1v) is 9.43. The fourth-order valence-electron chi connectivity index (χ4n) is 4.43. The number of hydrogen-bond acceptors (Lipinski definition) is 7. The second-order valence-corrected chi connectivity index (χ2v) is 7.30. The molecule has 3 aromatic heterocycles. The second kappa shape index (κ2) is 6.37. The summed E-state index contributed by atoms with van der Waals surface area (Å²) in [6, 6.07) is 6.31. The van der Waals surface area contributed by atoms with Gasteiger partial charge in [-0.1, -0.05) is 0 Å². The smallest absolute Gasteiger partial charge is 0.228 e. The van der Waals surface area contributed by atoms with Gasteiger partial charge in [-0.2, -0.15) is 14.6 Å². The lowest BCUT2D eigenvalue weighted by atomic mass is 9.92. The average molecular weight is 365 g/mol. The summed E-state index contributed by atoms with van der Waals surface area (Å²) in [7, 11) is 1.64. The minimum Gasteiger partial charge on any atom is -0.481 e. The molecule has 2 saturated heterocycles. The normalized spacial score (nSPS) is 22.3. The Bertz CT molecular complexity index is 972. The molecule has 0 N–H and O–H groups in total. The third-order valence-electron chi connectivity index (χ3n) is 5.73. The molecule has 0 amide bonds. The first-order chi connectivity index (χ1) is 13.2. The molecule has 2 aliphatic rings. The van der Waals surface area contributed by atoms with Crippen molar-refractivity contribution >= 4 is 17.4 Å². The SMILES string of the molecule is COc1ccnc(N2CCC3CCN(c4cc(C)nc5ccnn45)C3C2)n1. The third-order valence-corrected chi connectivity index (χ3v) is 5.73. The van der Waals surface area contributed by atoms with Gasteiger partial charge in [-0.25, -0.2) is 9.97 Å². The summed E-state index contributed by atoms with van der Waals surface area (Å²) in [4.78, 5) is 18.3. The molecule has 5 rings (SSSR count). The van der Waals surface area contributed by atoms with Crippen molar-refractivity contribution in [1.29, 1.82) is 0 Å². The van der Waals surface area contributed by atoms with E-state index in [9.17, 15) is 0 Å². The van der Waals surface area contributed by atoms with Crippen molar-refractivity contribution < 1.29 is 4.74 Å². The lowest BCUT2D eigenvalue weighted by Gasteiger charge is -2.39. The summed E-state index contributed by atoms with van der Waals surface area (Å²) in [6.07, 6.45) is 5.94. The van der Waals surface area contributed by atoms with Crippen LogP contribution in [0.25, 0.3) is 5.65 Å². The zero-order valence-corrected chi connectivity index (χ0v) is 15.6. The number of ether oxygens (including phenoxy) is 1. The van der Waals surface area contributed by atoms with E-state index < -0.39 is 0 Å². The summed E-state index contributed by atoms with van der Waals surface area (Å²) in [5, 5.41) is 4.50. The van der Waals surface area contributed by atoms with Crippen molar-refractivity contribution in [3.05, 3.63) is 36.3 Å². The molecule has 0 saturated carbocycles. The Kier molecular flexibility index (Phi) is 3.84. The van der Waals surface area contributed by atoms with Crippen LogP contribution in [-0.4, -0.2) is 57.4 Å². The summed E-state index contributed by atoms with van der Waals surface area (Å²) < 4.78 is 7.22. The van der Waals surface area contributed by atoms with E-state index in [4.69, 9.17) is 4.74 Å². The lowest BCUT2D eigenvalue weighted by molar-refractivity contribution is 0.379. The maximum absolute atomic E-state index is 5.27. The minimum atomic E-state index is 0.419. The number of aryl methyl sites for hydroxylation is 1. The highest BCUT2D eigenvalue weighted by Gasteiger charge is 2.40. The number of fused-ring (bicyclic) bond motifs is 2. The van der Waals surface area contributed by atoms with Gasteiger partial charge in [0.1, 0.15) is 5.82 Å². The summed E-state index contributed by atoms with van der Waals surface area (Å²) in [5.74, 6) is 3.16. The number of piperidine rings is 1. The van der Waals surface area contributed by atoms with Gasteiger partial charge in [0.15, 0.2) is 5.65 Å². The predicted molar refractivity (Wildman–Crippen MR) is 102 cm³/mol. The van der Waals surface area contributed by atoms with Gasteiger partial charge in [0.2, 0.25) is 11.8 Å². The van der Waals surface area contributed by atoms with Crippen LogP contribution in [0.15, 0.2) is 30.6 Å². The van der Waals surface area contributed by atoms with Gasteiger partial charge in [0.25, 0.3) is 0 Å². The molecule has 8 nitrogen and oxygen atoms in total. The van der Waals surface area contributed by atoms with E-state index in [-0.39, 0.29) is 0 Å². The molecule has 2 unspecified atom stereocenters. The van der Waals surface area contributed by atoms with Crippen molar-refractivity contribution in [2.45, 2.75) is 25.8 Å². The molecule has 3 aromatic rings. The van der Waals surface area contributed by atoms with Crippen LogP contribution in [0.1, 0.15) is 18.5 Å². The van der Waals surface area contributed by atoms with Gasteiger partial charge in [-0.3, -0.25) is 0 Å². The number of anilines is 2. The maximum atomic E-state index is 5.27. The van der Waals surface area contributed by atoms with Crippen molar-refractivity contribution in [3.8, 4) is 5.88 Å². The van der Waals surface area contributed by atoms with E-state index in [1.807, 2.05) is 23.7 Å². The first kappa shape index (κ1) is 16.3. The van der Waals surface area contributed by atoms with Gasteiger partial charge in [-0.15, -0.1) is 0 Å². The molecule has 2 aliphatic heterocycles. The number of rotatable bonds is 3. The van der Waals surface area contributed by atoms with Crippen LogP contribution in [0.2, 0.25) is 0 Å². The molecule has 0 radical (unpaired) electrons. The fourth-order valence-corrected chi connectivity index (χ4v) is 4.43. The molecule has 0 spiro atoms. The first-order valence-electron chi connectivity index (χ1n) is 9.43. The molecule has 5 heterocycles. The zero-order valence-electron chi connectivity index (χ0n) is 15.6. The van der Waals surface area contributed by atoms with E-state index in [0.717, 1.165) is 49.2 Å². The molecule has 140 valence electrons. The van der Waals surface area contributed by atoms with E-state index in [1.54, 1.807) is 19.4 Å². The molecule has 2 fully saturated rings. The molecular weight excluding hydrogens is 342 g/mol. The van der Waals surface area contributed by atoms with Crippen LogP contribution in [0, 0.1) is 12.8 Å². The van der Waals surface area contributed by atoms with Crippen LogP contribution in [0.5, 0.6) is 5.88 Å². The molecule has 0 bridgehead atoms. The largest absolute Gasteiger partial charge is 0.481 e. The van der Waals surface area contributed by atoms with Gasteiger partial charge in [0, 0.05) is 49.7 Å². The Balaban J connectivity index is 1.47. The predicted octanol–water partition coefficient (Wildman–Crippen LogP) is 1.94. The molecule has 8 heteroatoms. The van der Waals surface area contributed by atoms with Gasteiger partial charge < -0.3 is 14.5 Å². The zero-order chi connectivity index (χ0) is 18.4. The van der Waals surface area contributed by atoms with Crippen LogP contribution in [0.3, 0.4) is 0 Å². The highest BCUT2D eigenvalue weighted by molar-refractivity contribution is 5.53. The molecule has 0 aromatic carbocycles. The Labute approximate surface area is 157 Å². The maximum Gasteiger partial charge on any atom is 0.228 e. The number of aromatic nitrogens is 5. The monoisotopic (exact) mass is 365 g/mol. The molecule has 27 heavy (non-hydrogen) atoms. The van der Waals surface area contributed by atoms with Crippen LogP contribution >= 0.6 is 0 Å². The van der Waals surface area contributed by atoms with E-state index in [2.05, 4.69) is 35.9 Å². The Hall–Kier alpha value is -2.90. The molecule has 2 atom stereocenters. The summed E-state index contributed by atoms with van der Waals surface area (Å²) >= 11 is 0. The van der Waals surface area contributed by atoms with Crippen molar-refractivity contribution in [2.24, 2.45) is 5.92 Å². The topological polar surface area (TPSA) is 71.7 Å². The summed E-state index contributed by atoms with van der Waals surface area (Å²) in [5.41, 5.74) is 1.92. The molecular formula is C19H23N7O. The number of hydrogen-bond donors (Lipinski definition) is 0. The number of methoxy groups -OCH3 is 1. The van der Waals surface area contributed by atoms with E-state index >= 15 is 0 Å². The van der Waals surface area contributed by atoms with Gasteiger partial charge >= 0.3 is 0 Å². The highest BCUT2D eigenvalue weighted by atomic mass is 16.5. The van der Waals surface area contributed by atoms with E-state index in [1.165, 1.54) is 6.42 Å². The Morgan fingerprint density at radius 3 is 2.89 bits per heavy atom. The fraction of sp³-hybridized carbons (Fsp3) is 0.474. The number of nitrogens with zero attached hydrogens (tertiary/aromatic N) is 7. The average Bonchev–Trinajstić information content (AvgIpc) is 3.33. The van der Waals surface area contributed by atoms with Crippen molar-refractivity contribution in [1.82, 2.24) is 24.6 Å². The highest BCUT2D eigenvalue weighted by Crippen LogP contribution is 2.36. The summed E-state index contributed by atoms with van der Waals surface area (Å²) in [6.45, 7) is 4.97. The van der Waals surface area contributed by atoms with Crippen LogP contribution in [-0.2, 0) is 0 Å². The standard InChI is InChI=1S/C19H23N7O/c1-13-11-18(26-16(22-13)3-8-21-26)25-10-6-14-5-9-24(12-15(14)25)19-20-7-4-17(23-19)27-2/h3-4,7-8,11,14-15H,5-6,9-10,12H2,1-2H3. The quantitative estimate of drug-likeness (QED) is 0.702. The molecule has 0 aliphatic carbocycles. The van der Waals surface area contributed by atoms with Crippen LogP contribution < -0.4 is 14.5 Å². The van der Waals surface area contributed by atoms with Gasteiger partial charge in [0.05, 0.1) is 19.3 Å². The Morgan fingerprint density at radius 2 is 2.00 bits per heavy atom. The lowest BCUT2D eigenvalue weighted by Crippen LogP contribution is -2.49. The van der Waals surface area contributed by atoms with Gasteiger partial charge in [-0.05, 0) is 25.7 Å². The minimum absolute atomic E-state index is 0.419. The van der Waals surface area contributed by atoms with Crippen LogP contribution in [0.4, 0.5) is 11.8 Å². The second-order valence-electron chi connectivity index (χ2n) is 7.30. The van der Waals surface area contributed by atoms with E-state index in [0.29, 0.717) is 17.8 Å². The Morgan fingerprint density at radius 1 is 1.11 bits per heavy atom. The van der Waals surface area contributed by atoms with Crippen molar-refractivity contribution in [2.75, 3.05) is 36.5 Å². The van der Waals surface area contributed by atoms with Crippen molar-refractivity contribution in [3.63, 3.8) is 0 Å². The third kappa shape index (κ3) is 2.75.